The van der Waals surface area contributed by atoms with Crippen molar-refractivity contribution >= 4 is 16.8 Å². The summed E-state index contributed by atoms with van der Waals surface area (Å²) in [5, 5.41) is 4.32. The van der Waals surface area contributed by atoms with Gasteiger partial charge in [-0.05, 0) is 48.1 Å². The molecule has 5 heteroatoms. The Morgan fingerprint density at radius 2 is 1.86 bits per heavy atom. The third kappa shape index (κ3) is 3.76. The molecule has 3 aromatic rings. The lowest BCUT2D eigenvalue weighted by Gasteiger charge is -2.38. The molecule has 2 aromatic carbocycles. The van der Waals surface area contributed by atoms with Crippen LogP contribution in [-0.2, 0) is 21.5 Å². The predicted molar refractivity (Wildman–Crippen MR) is 110 cm³/mol. The zero-order valence-corrected chi connectivity index (χ0v) is 16.2. The number of para-hydroxylation sites is 1. The van der Waals surface area contributed by atoms with Crippen molar-refractivity contribution < 1.29 is 14.3 Å². The first kappa shape index (κ1) is 18.6. The molecule has 1 saturated heterocycles. The number of carbonyl (C=O) groups is 1. The first-order valence-electron chi connectivity index (χ1n) is 9.73. The van der Waals surface area contributed by atoms with Gasteiger partial charge in [-0.15, -0.1) is 0 Å². The summed E-state index contributed by atoms with van der Waals surface area (Å²) >= 11 is 0. The molecule has 1 fully saturated rings. The van der Waals surface area contributed by atoms with Crippen LogP contribution in [0.1, 0.15) is 18.4 Å². The Labute approximate surface area is 165 Å². The van der Waals surface area contributed by atoms with Gasteiger partial charge in [0, 0.05) is 36.9 Å². The van der Waals surface area contributed by atoms with Crippen molar-refractivity contribution in [3.05, 3.63) is 66.4 Å². The van der Waals surface area contributed by atoms with Gasteiger partial charge in [-0.1, -0.05) is 30.3 Å². The predicted octanol–water partition coefficient (Wildman–Crippen LogP) is 3.51. The smallest absolute Gasteiger partial charge is 0.239 e. The molecule has 146 valence electrons. The SMILES string of the molecule is COc1ccc(C2(CNC(=O)Cn3ccc4ccccc43)CCOCC2)cc1. The summed E-state index contributed by atoms with van der Waals surface area (Å²) in [6, 6.07) is 18.3. The number of methoxy groups -OCH3 is 1. The van der Waals surface area contributed by atoms with Crippen molar-refractivity contribution in [1.29, 1.82) is 0 Å². The number of amides is 1. The monoisotopic (exact) mass is 378 g/mol. The molecule has 1 aliphatic rings. The number of rotatable bonds is 6. The molecule has 1 amide bonds. The quantitative estimate of drug-likeness (QED) is 0.714. The van der Waals surface area contributed by atoms with Gasteiger partial charge in [-0.2, -0.15) is 0 Å². The van der Waals surface area contributed by atoms with E-state index in [0.717, 1.165) is 29.5 Å². The molecule has 1 aliphatic heterocycles. The topological polar surface area (TPSA) is 52.5 Å². The molecule has 0 aliphatic carbocycles. The van der Waals surface area contributed by atoms with Crippen LogP contribution >= 0.6 is 0 Å². The number of hydrogen-bond donors (Lipinski definition) is 1. The van der Waals surface area contributed by atoms with Gasteiger partial charge < -0.3 is 19.4 Å². The normalized spacial score (nSPS) is 16.0. The molecule has 28 heavy (non-hydrogen) atoms. The first-order valence-corrected chi connectivity index (χ1v) is 9.73. The van der Waals surface area contributed by atoms with E-state index in [2.05, 4.69) is 23.5 Å². The van der Waals surface area contributed by atoms with E-state index in [-0.39, 0.29) is 11.3 Å². The van der Waals surface area contributed by atoms with Gasteiger partial charge in [0.05, 0.1) is 7.11 Å². The third-order valence-electron chi connectivity index (χ3n) is 5.77. The van der Waals surface area contributed by atoms with Gasteiger partial charge in [0.25, 0.3) is 0 Å². The summed E-state index contributed by atoms with van der Waals surface area (Å²) in [6.45, 7) is 2.36. The highest BCUT2D eigenvalue weighted by Gasteiger charge is 2.34. The summed E-state index contributed by atoms with van der Waals surface area (Å²) in [4.78, 5) is 12.7. The van der Waals surface area contributed by atoms with Gasteiger partial charge in [0.1, 0.15) is 12.3 Å². The summed E-state index contributed by atoms with van der Waals surface area (Å²) in [5.41, 5.74) is 2.20. The van der Waals surface area contributed by atoms with E-state index in [1.807, 2.05) is 47.2 Å². The molecule has 0 spiro atoms. The van der Waals surface area contributed by atoms with Gasteiger partial charge >= 0.3 is 0 Å². The molecule has 0 saturated carbocycles. The van der Waals surface area contributed by atoms with Crippen molar-refractivity contribution in [2.75, 3.05) is 26.9 Å². The Kier molecular flexibility index (Phi) is 5.35. The van der Waals surface area contributed by atoms with Crippen molar-refractivity contribution in [3.63, 3.8) is 0 Å². The second-order valence-electron chi connectivity index (χ2n) is 7.40. The van der Waals surface area contributed by atoms with Crippen LogP contribution in [0.4, 0.5) is 0 Å². The van der Waals surface area contributed by atoms with Crippen LogP contribution < -0.4 is 10.1 Å². The Morgan fingerprint density at radius 3 is 2.61 bits per heavy atom. The highest BCUT2D eigenvalue weighted by molar-refractivity contribution is 5.83. The minimum atomic E-state index is -0.0983. The molecule has 0 bridgehead atoms. The van der Waals surface area contributed by atoms with Crippen LogP contribution in [0, 0.1) is 0 Å². The van der Waals surface area contributed by atoms with Gasteiger partial charge in [0.2, 0.25) is 5.91 Å². The maximum Gasteiger partial charge on any atom is 0.239 e. The highest BCUT2D eigenvalue weighted by atomic mass is 16.5. The third-order valence-corrected chi connectivity index (χ3v) is 5.77. The maximum absolute atomic E-state index is 12.7. The fraction of sp³-hybridized carbons (Fsp3) is 0.348. The summed E-state index contributed by atoms with van der Waals surface area (Å²) in [7, 11) is 1.67. The van der Waals surface area contributed by atoms with Crippen LogP contribution in [-0.4, -0.2) is 37.3 Å². The van der Waals surface area contributed by atoms with E-state index in [4.69, 9.17) is 9.47 Å². The Hall–Kier alpha value is -2.79. The number of nitrogens with one attached hydrogen (secondary N) is 1. The average molecular weight is 378 g/mol. The lowest BCUT2D eigenvalue weighted by Crippen LogP contribution is -2.45. The largest absolute Gasteiger partial charge is 0.497 e. The van der Waals surface area contributed by atoms with Crippen LogP contribution in [0.5, 0.6) is 5.75 Å². The maximum atomic E-state index is 12.7. The number of aromatic nitrogens is 1. The van der Waals surface area contributed by atoms with Crippen LogP contribution in [0.15, 0.2) is 60.8 Å². The van der Waals surface area contributed by atoms with E-state index < -0.39 is 0 Å². The van der Waals surface area contributed by atoms with Gasteiger partial charge in [-0.3, -0.25) is 4.79 Å². The number of hydrogen-bond acceptors (Lipinski definition) is 3. The zero-order chi connectivity index (χ0) is 19.4. The Bertz CT molecular complexity index is 940. The lowest BCUT2D eigenvalue weighted by atomic mass is 9.74. The Balaban J connectivity index is 1.47. The van der Waals surface area contributed by atoms with Crippen LogP contribution in [0.25, 0.3) is 10.9 Å². The second kappa shape index (κ2) is 8.07. The number of carbonyl (C=O) groups excluding carboxylic acids is 1. The van der Waals surface area contributed by atoms with Crippen molar-refractivity contribution in [3.8, 4) is 5.75 Å². The molecule has 1 aromatic heterocycles. The first-order chi connectivity index (χ1) is 13.7. The number of benzene rings is 2. The molecular formula is C23H26N2O3. The van der Waals surface area contributed by atoms with E-state index in [0.29, 0.717) is 26.3 Å². The second-order valence-corrected chi connectivity index (χ2v) is 7.40. The minimum absolute atomic E-state index is 0.0285. The van der Waals surface area contributed by atoms with Gasteiger partial charge in [0.15, 0.2) is 0 Å². The van der Waals surface area contributed by atoms with Crippen molar-refractivity contribution in [2.45, 2.75) is 24.8 Å². The molecule has 0 unspecified atom stereocenters. The molecule has 0 atom stereocenters. The van der Waals surface area contributed by atoms with Crippen molar-refractivity contribution in [1.82, 2.24) is 9.88 Å². The standard InChI is InChI=1S/C23H26N2O3/c1-27-20-8-6-19(7-9-20)23(11-14-28-15-12-23)17-24-22(26)16-25-13-10-18-4-2-3-5-21(18)25/h2-10,13H,11-12,14-17H2,1H3,(H,24,26). The fourth-order valence-corrected chi connectivity index (χ4v) is 4.03. The van der Waals surface area contributed by atoms with E-state index in [1.165, 1.54) is 5.56 Å². The summed E-state index contributed by atoms with van der Waals surface area (Å²) < 4.78 is 12.9. The van der Waals surface area contributed by atoms with E-state index in [1.54, 1.807) is 7.11 Å². The highest BCUT2D eigenvalue weighted by Crippen LogP contribution is 2.35. The average Bonchev–Trinajstić information content (AvgIpc) is 3.16. The van der Waals surface area contributed by atoms with Gasteiger partial charge in [-0.25, -0.2) is 0 Å². The number of ether oxygens (including phenoxy) is 2. The van der Waals surface area contributed by atoms with E-state index >= 15 is 0 Å². The van der Waals surface area contributed by atoms with Crippen molar-refractivity contribution in [2.24, 2.45) is 0 Å². The zero-order valence-electron chi connectivity index (χ0n) is 16.2. The molecule has 1 N–H and O–H groups in total. The Morgan fingerprint density at radius 1 is 1.11 bits per heavy atom. The van der Waals surface area contributed by atoms with Crippen LogP contribution in [0.3, 0.4) is 0 Å². The van der Waals surface area contributed by atoms with Crippen LogP contribution in [0.2, 0.25) is 0 Å². The molecular weight excluding hydrogens is 352 g/mol. The molecule has 5 nitrogen and oxygen atoms in total. The summed E-state index contributed by atoms with van der Waals surface area (Å²) in [5.74, 6) is 0.871. The molecule has 4 rings (SSSR count). The lowest BCUT2D eigenvalue weighted by molar-refractivity contribution is -0.122. The summed E-state index contributed by atoms with van der Waals surface area (Å²) in [6.07, 6.45) is 3.76. The number of nitrogens with zero attached hydrogens (tertiary/aromatic N) is 1. The van der Waals surface area contributed by atoms with E-state index in [9.17, 15) is 4.79 Å². The molecule has 0 radical (unpaired) electrons. The molecule has 2 heterocycles. The minimum Gasteiger partial charge on any atom is -0.497 e. The number of fused-ring (bicyclic) bond motifs is 1. The fourth-order valence-electron chi connectivity index (χ4n) is 4.03.